The largest absolute Gasteiger partial charge is 0.372 e. The monoisotopic (exact) mass is 395 g/mol. The summed E-state index contributed by atoms with van der Waals surface area (Å²) in [5, 5.41) is 4.27. The summed E-state index contributed by atoms with van der Waals surface area (Å²) in [7, 11) is 0. The Hall–Kier alpha value is -2.63. The lowest BCUT2D eigenvalue weighted by Crippen LogP contribution is -2.45. The Kier molecular flexibility index (Phi) is 5.20. The number of carbonyl (C=O) groups is 1. The standard InChI is InChI=1S/C22H22ClN3O2/c1-14-12-26(13-15(2)28-14)19-7-5-18(6-8-19)24-22(27)17-3-9-20-16(11-17)4-10-21(23)25-20/h3-11,14-15H,12-13H2,1-2H3,(H,24,27). The Morgan fingerprint density at radius 2 is 1.79 bits per heavy atom. The van der Waals surface area contributed by atoms with Crippen molar-refractivity contribution in [3.8, 4) is 0 Å². The Morgan fingerprint density at radius 3 is 2.50 bits per heavy atom. The fourth-order valence-electron chi connectivity index (χ4n) is 3.59. The molecule has 2 atom stereocenters. The number of fused-ring (bicyclic) bond motifs is 1. The minimum absolute atomic E-state index is 0.154. The van der Waals surface area contributed by atoms with Crippen LogP contribution in [0.1, 0.15) is 24.2 Å². The number of halogens is 1. The smallest absolute Gasteiger partial charge is 0.255 e. The van der Waals surface area contributed by atoms with Gasteiger partial charge in [0.05, 0.1) is 17.7 Å². The molecule has 2 unspecified atom stereocenters. The van der Waals surface area contributed by atoms with Crippen LogP contribution in [-0.2, 0) is 4.74 Å². The Balaban J connectivity index is 1.47. The molecule has 1 saturated heterocycles. The van der Waals surface area contributed by atoms with Gasteiger partial charge in [-0.05, 0) is 68.4 Å². The van der Waals surface area contributed by atoms with Gasteiger partial charge >= 0.3 is 0 Å². The minimum Gasteiger partial charge on any atom is -0.372 e. The van der Waals surface area contributed by atoms with E-state index in [9.17, 15) is 4.79 Å². The molecule has 1 aromatic heterocycles. The number of nitrogens with one attached hydrogen (secondary N) is 1. The molecule has 5 nitrogen and oxygen atoms in total. The average molecular weight is 396 g/mol. The van der Waals surface area contributed by atoms with E-state index in [4.69, 9.17) is 16.3 Å². The molecule has 0 bridgehead atoms. The number of aromatic nitrogens is 1. The number of nitrogens with zero attached hydrogens (tertiary/aromatic N) is 2. The predicted octanol–water partition coefficient (Wildman–Crippen LogP) is 4.75. The van der Waals surface area contributed by atoms with Gasteiger partial charge in [-0.25, -0.2) is 4.98 Å². The molecule has 0 radical (unpaired) electrons. The van der Waals surface area contributed by atoms with E-state index in [1.165, 1.54) is 0 Å². The lowest BCUT2D eigenvalue weighted by molar-refractivity contribution is -0.00521. The van der Waals surface area contributed by atoms with Gasteiger partial charge in [0.25, 0.3) is 5.91 Å². The van der Waals surface area contributed by atoms with E-state index in [0.717, 1.165) is 35.4 Å². The van der Waals surface area contributed by atoms with Crippen LogP contribution >= 0.6 is 11.6 Å². The van der Waals surface area contributed by atoms with Crippen LogP contribution in [0.15, 0.2) is 54.6 Å². The highest BCUT2D eigenvalue weighted by molar-refractivity contribution is 6.29. The topological polar surface area (TPSA) is 54.5 Å². The first-order valence-electron chi connectivity index (χ1n) is 9.36. The number of benzene rings is 2. The summed E-state index contributed by atoms with van der Waals surface area (Å²) in [6, 6.07) is 16.9. The van der Waals surface area contributed by atoms with Gasteiger partial charge in [0.15, 0.2) is 0 Å². The van der Waals surface area contributed by atoms with Gasteiger partial charge < -0.3 is 15.0 Å². The molecule has 2 heterocycles. The first kappa shape index (κ1) is 18.7. The van der Waals surface area contributed by atoms with Gasteiger partial charge in [-0.2, -0.15) is 0 Å². The van der Waals surface area contributed by atoms with Gasteiger partial charge in [0, 0.05) is 35.4 Å². The Bertz CT molecular complexity index is 996. The molecule has 1 amide bonds. The molecule has 0 aliphatic carbocycles. The fourth-order valence-corrected chi connectivity index (χ4v) is 3.74. The highest BCUT2D eigenvalue weighted by Crippen LogP contribution is 2.23. The zero-order valence-corrected chi connectivity index (χ0v) is 16.6. The third-order valence-corrected chi connectivity index (χ3v) is 5.04. The van der Waals surface area contributed by atoms with Crippen molar-refractivity contribution in [2.45, 2.75) is 26.1 Å². The molecule has 1 aliphatic rings. The molecule has 28 heavy (non-hydrogen) atoms. The molecule has 0 saturated carbocycles. The molecule has 6 heteroatoms. The normalized spacial score (nSPS) is 19.6. The summed E-state index contributed by atoms with van der Waals surface area (Å²) in [5.41, 5.74) is 3.24. The van der Waals surface area contributed by atoms with Gasteiger partial charge in [-0.15, -0.1) is 0 Å². The lowest BCUT2D eigenvalue weighted by atomic mass is 10.1. The van der Waals surface area contributed by atoms with Crippen LogP contribution in [0.4, 0.5) is 11.4 Å². The molecule has 0 spiro atoms. The second kappa shape index (κ2) is 7.78. The molecule has 144 valence electrons. The van der Waals surface area contributed by atoms with Gasteiger partial charge in [0.2, 0.25) is 0 Å². The predicted molar refractivity (Wildman–Crippen MR) is 113 cm³/mol. The molecule has 4 rings (SSSR count). The van der Waals surface area contributed by atoms with Crippen LogP contribution in [-0.4, -0.2) is 36.2 Å². The maximum absolute atomic E-state index is 12.6. The minimum atomic E-state index is -0.154. The van der Waals surface area contributed by atoms with E-state index in [-0.39, 0.29) is 18.1 Å². The van der Waals surface area contributed by atoms with Crippen molar-refractivity contribution in [3.05, 3.63) is 65.3 Å². The summed E-state index contributed by atoms with van der Waals surface area (Å²) < 4.78 is 5.79. The van der Waals surface area contributed by atoms with Crippen LogP contribution in [0.25, 0.3) is 10.9 Å². The molecule has 1 fully saturated rings. The quantitative estimate of drug-likeness (QED) is 0.650. The van der Waals surface area contributed by atoms with Crippen molar-refractivity contribution >= 4 is 39.8 Å². The zero-order chi connectivity index (χ0) is 19.7. The number of pyridine rings is 1. The van der Waals surface area contributed by atoms with E-state index < -0.39 is 0 Å². The van der Waals surface area contributed by atoms with Gasteiger partial charge in [-0.1, -0.05) is 11.6 Å². The first-order chi connectivity index (χ1) is 13.5. The maximum atomic E-state index is 12.6. The first-order valence-corrected chi connectivity index (χ1v) is 9.74. The van der Waals surface area contributed by atoms with Crippen molar-refractivity contribution in [1.29, 1.82) is 0 Å². The van der Waals surface area contributed by atoms with E-state index in [2.05, 4.69) is 29.0 Å². The average Bonchev–Trinajstić information content (AvgIpc) is 2.67. The third kappa shape index (κ3) is 4.11. The van der Waals surface area contributed by atoms with Crippen LogP contribution in [0.3, 0.4) is 0 Å². The number of anilines is 2. The highest BCUT2D eigenvalue weighted by atomic mass is 35.5. The number of morpholine rings is 1. The summed E-state index contributed by atoms with van der Waals surface area (Å²) in [5.74, 6) is -0.154. The van der Waals surface area contributed by atoms with Gasteiger partial charge in [-0.3, -0.25) is 4.79 Å². The van der Waals surface area contributed by atoms with Crippen LogP contribution in [0, 0.1) is 0 Å². The number of amides is 1. The maximum Gasteiger partial charge on any atom is 0.255 e. The second-order valence-electron chi connectivity index (χ2n) is 7.20. The highest BCUT2D eigenvalue weighted by Gasteiger charge is 2.22. The molecule has 1 aliphatic heterocycles. The number of hydrogen-bond acceptors (Lipinski definition) is 4. The van der Waals surface area contributed by atoms with Crippen molar-refractivity contribution in [2.24, 2.45) is 0 Å². The summed E-state index contributed by atoms with van der Waals surface area (Å²) in [6.07, 6.45) is 0.417. The number of rotatable bonds is 3. The molecule has 2 aromatic carbocycles. The van der Waals surface area contributed by atoms with E-state index in [1.54, 1.807) is 18.2 Å². The molecular formula is C22H22ClN3O2. The van der Waals surface area contributed by atoms with Crippen molar-refractivity contribution in [2.75, 3.05) is 23.3 Å². The van der Waals surface area contributed by atoms with E-state index in [0.29, 0.717) is 10.7 Å². The molecule has 3 aromatic rings. The number of hydrogen-bond donors (Lipinski definition) is 1. The SMILES string of the molecule is CC1CN(c2ccc(NC(=O)c3ccc4nc(Cl)ccc4c3)cc2)CC(C)O1. The van der Waals surface area contributed by atoms with Crippen molar-refractivity contribution in [1.82, 2.24) is 4.98 Å². The van der Waals surface area contributed by atoms with Crippen LogP contribution in [0.2, 0.25) is 5.15 Å². The number of carbonyl (C=O) groups excluding carboxylic acids is 1. The molecular weight excluding hydrogens is 374 g/mol. The van der Waals surface area contributed by atoms with Crippen molar-refractivity contribution in [3.63, 3.8) is 0 Å². The summed E-state index contributed by atoms with van der Waals surface area (Å²) >= 11 is 5.91. The van der Waals surface area contributed by atoms with E-state index in [1.807, 2.05) is 36.4 Å². The number of ether oxygens (including phenoxy) is 1. The fraction of sp³-hybridized carbons (Fsp3) is 0.273. The van der Waals surface area contributed by atoms with Crippen molar-refractivity contribution < 1.29 is 9.53 Å². The van der Waals surface area contributed by atoms with Crippen LogP contribution in [0.5, 0.6) is 0 Å². The van der Waals surface area contributed by atoms with Gasteiger partial charge in [0.1, 0.15) is 5.15 Å². The zero-order valence-electron chi connectivity index (χ0n) is 15.9. The second-order valence-corrected chi connectivity index (χ2v) is 7.59. The van der Waals surface area contributed by atoms with Crippen LogP contribution < -0.4 is 10.2 Å². The van der Waals surface area contributed by atoms with E-state index >= 15 is 0 Å². The Labute approximate surface area is 169 Å². The summed E-state index contributed by atoms with van der Waals surface area (Å²) in [4.78, 5) is 19.2. The lowest BCUT2D eigenvalue weighted by Gasteiger charge is -2.36. The Morgan fingerprint density at radius 1 is 1.07 bits per heavy atom. The molecule has 1 N–H and O–H groups in total. The third-order valence-electron chi connectivity index (χ3n) is 4.83. The summed E-state index contributed by atoms with van der Waals surface area (Å²) in [6.45, 7) is 5.91.